The van der Waals surface area contributed by atoms with Crippen molar-refractivity contribution in [1.82, 2.24) is 20.3 Å². The van der Waals surface area contributed by atoms with Crippen molar-refractivity contribution in [1.29, 1.82) is 0 Å². The molecular weight excluding hydrogens is 212 g/mol. The zero-order chi connectivity index (χ0) is 12.3. The fraction of sp³-hybridized carbons (Fsp3) is 0.385. The van der Waals surface area contributed by atoms with Crippen molar-refractivity contribution >= 4 is 0 Å². The SMILES string of the molecule is CCNCc1cnn(-c2cc(C)cc(C)c2)n1. The van der Waals surface area contributed by atoms with Crippen LogP contribution >= 0.6 is 0 Å². The minimum absolute atomic E-state index is 0.765. The van der Waals surface area contributed by atoms with Gasteiger partial charge in [0.2, 0.25) is 0 Å². The monoisotopic (exact) mass is 230 g/mol. The van der Waals surface area contributed by atoms with E-state index in [-0.39, 0.29) is 0 Å². The van der Waals surface area contributed by atoms with E-state index in [9.17, 15) is 0 Å². The fourth-order valence-electron chi connectivity index (χ4n) is 1.82. The number of hydrogen-bond acceptors (Lipinski definition) is 3. The van der Waals surface area contributed by atoms with Crippen molar-refractivity contribution in [3.63, 3.8) is 0 Å². The molecule has 0 fully saturated rings. The molecule has 0 unspecified atom stereocenters. The van der Waals surface area contributed by atoms with E-state index in [0.717, 1.165) is 24.5 Å². The third-order valence-electron chi connectivity index (χ3n) is 2.53. The van der Waals surface area contributed by atoms with Crippen LogP contribution in [0.25, 0.3) is 5.69 Å². The summed E-state index contributed by atoms with van der Waals surface area (Å²) in [6.45, 7) is 7.95. The summed E-state index contributed by atoms with van der Waals surface area (Å²) < 4.78 is 0. The van der Waals surface area contributed by atoms with Crippen LogP contribution in [0, 0.1) is 13.8 Å². The zero-order valence-corrected chi connectivity index (χ0v) is 10.6. The smallest absolute Gasteiger partial charge is 0.0969 e. The van der Waals surface area contributed by atoms with Crippen molar-refractivity contribution in [2.24, 2.45) is 0 Å². The summed E-state index contributed by atoms with van der Waals surface area (Å²) in [7, 11) is 0. The maximum atomic E-state index is 4.44. The van der Waals surface area contributed by atoms with Gasteiger partial charge in [0, 0.05) is 6.54 Å². The third-order valence-corrected chi connectivity index (χ3v) is 2.53. The molecule has 2 rings (SSSR count). The topological polar surface area (TPSA) is 42.7 Å². The number of hydrogen-bond donors (Lipinski definition) is 1. The van der Waals surface area contributed by atoms with Crippen molar-refractivity contribution in [2.45, 2.75) is 27.3 Å². The molecule has 0 saturated heterocycles. The van der Waals surface area contributed by atoms with Gasteiger partial charge in [-0.15, -0.1) is 0 Å². The largest absolute Gasteiger partial charge is 0.311 e. The van der Waals surface area contributed by atoms with Gasteiger partial charge in [-0.1, -0.05) is 13.0 Å². The van der Waals surface area contributed by atoms with E-state index in [1.165, 1.54) is 11.1 Å². The van der Waals surface area contributed by atoms with Crippen LogP contribution in [0.1, 0.15) is 23.7 Å². The molecule has 0 saturated carbocycles. The first-order valence-electron chi connectivity index (χ1n) is 5.89. The highest BCUT2D eigenvalue weighted by Crippen LogP contribution is 2.11. The average Bonchev–Trinajstić information content (AvgIpc) is 2.73. The second-order valence-electron chi connectivity index (χ2n) is 4.25. The van der Waals surface area contributed by atoms with Crippen LogP contribution in [0.3, 0.4) is 0 Å². The number of nitrogens with one attached hydrogen (secondary N) is 1. The number of benzene rings is 1. The zero-order valence-electron chi connectivity index (χ0n) is 10.6. The van der Waals surface area contributed by atoms with Gasteiger partial charge in [0.1, 0.15) is 0 Å². The van der Waals surface area contributed by atoms with Gasteiger partial charge in [-0.25, -0.2) is 0 Å². The highest BCUT2D eigenvalue weighted by Gasteiger charge is 2.03. The van der Waals surface area contributed by atoms with Crippen LogP contribution < -0.4 is 5.32 Å². The number of rotatable bonds is 4. The van der Waals surface area contributed by atoms with Crippen molar-refractivity contribution in [3.05, 3.63) is 41.2 Å². The normalized spacial score (nSPS) is 10.8. The molecule has 4 heteroatoms. The fourth-order valence-corrected chi connectivity index (χ4v) is 1.82. The quantitative estimate of drug-likeness (QED) is 0.873. The predicted molar refractivity (Wildman–Crippen MR) is 68.2 cm³/mol. The van der Waals surface area contributed by atoms with Crippen LogP contribution in [0.4, 0.5) is 0 Å². The van der Waals surface area contributed by atoms with Gasteiger partial charge >= 0.3 is 0 Å². The molecule has 0 atom stereocenters. The van der Waals surface area contributed by atoms with Gasteiger partial charge in [0.25, 0.3) is 0 Å². The molecule has 0 spiro atoms. The summed E-state index contributed by atoms with van der Waals surface area (Å²) in [6, 6.07) is 6.32. The molecule has 1 aromatic heterocycles. The van der Waals surface area contributed by atoms with E-state index >= 15 is 0 Å². The Kier molecular flexibility index (Phi) is 3.54. The van der Waals surface area contributed by atoms with Gasteiger partial charge in [0.15, 0.2) is 0 Å². The van der Waals surface area contributed by atoms with E-state index in [1.54, 1.807) is 11.0 Å². The lowest BCUT2D eigenvalue weighted by molar-refractivity contribution is 0.683. The Balaban J connectivity index is 2.24. The van der Waals surface area contributed by atoms with Crippen LogP contribution in [-0.2, 0) is 6.54 Å². The maximum Gasteiger partial charge on any atom is 0.0969 e. The number of aromatic nitrogens is 3. The highest BCUT2D eigenvalue weighted by molar-refractivity contribution is 5.37. The van der Waals surface area contributed by atoms with Crippen LogP contribution in [0.2, 0.25) is 0 Å². The van der Waals surface area contributed by atoms with Gasteiger partial charge in [-0.3, -0.25) is 0 Å². The molecule has 17 heavy (non-hydrogen) atoms. The molecule has 4 nitrogen and oxygen atoms in total. The molecule has 90 valence electrons. The van der Waals surface area contributed by atoms with Gasteiger partial charge in [0.05, 0.1) is 17.6 Å². The molecule has 0 aliphatic carbocycles. The average molecular weight is 230 g/mol. The van der Waals surface area contributed by atoms with Gasteiger partial charge in [-0.05, 0) is 43.7 Å². The molecule has 2 aromatic rings. The molecule has 0 aliphatic rings. The van der Waals surface area contributed by atoms with Crippen molar-refractivity contribution in [3.8, 4) is 5.69 Å². The Bertz CT molecular complexity index is 482. The summed E-state index contributed by atoms with van der Waals surface area (Å²) in [4.78, 5) is 1.69. The van der Waals surface area contributed by atoms with Crippen molar-refractivity contribution < 1.29 is 0 Å². The molecule has 0 radical (unpaired) electrons. The molecule has 0 bridgehead atoms. The summed E-state index contributed by atoms with van der Waals surface area (Å²) in [6.07, 6.45) is 1.81. The van der Waals surface area contributed by atoms with E-state index < -0.39 is 0 Å². The van der Waals surface area contributed by atoms with Gasteiger partial charge < -0.3 is 5.32 Å². The number of aryl methyl sites for hydroxylation is 2. The van der Waals surface area contributed by atoms with Crippen LogP contribution in [-0.4, -0.2) is 21.5 Å². The lowest BCUT2D eigenvalue weighted by Gasteiger charge is -2.03. The van der Waals surface area contributed by atoms with E-state index in [0.29, 0.717) is 0 Å². The molecule has 0 amide bonds. The Morgan fingerprint density at radius 2 is 1.88 bits per heavy atom. The molecule has 0 aliphatic heterocycles. The lowest BCUT2D eigenvalue weighted by Crippen LogP contribution is -2.12. The summed E-state index contributed by atoms with van der Waals surface area (Å²) in [5.74, 6) is 0. The highest BCUT2D eigenvalue weighted by atomic mass is 15.5. The van der Waals surface area contributed by atoms with E-state index in [2.05, 4.69) is 54.5 Å². The first kappa shape index (κ1) is 11.8. The molecule has 1 heterocycles. The van der Waals surface area contributed by atoms with Crippen molar-refractivity contribution in [2.75, 3.05) is 6.54 Å². The first-order valence-corrected chi connectivity index (χ1v) is 5.89. The lowest BCUT2D eigenvalue weighted by atomic mass is 10.1. The third kappa shape index (κ3) is 2.91. The maximum absolute atomic E-state index is 4.44. The van der Waals surface area contributed by atoms with Crippen LogP contribution in [0.5, 0.6) is 0 Å². The van der Waals surface area contributed by atoms with E-state index in [1.807, 2.05) is 0 Å². The summed E-state index contributed by atoms with van der Waals surface area (Å²) in [5.41, 5.74) is 4.44. The first-order chi connectivity index (χ1) is 8.19. The Morgan fingerprint density at radius 3 is 2.53 bits per heavy atom. The molecule has 1 N–H and O–H groups in total. The molecular formula is C13H18N4. The Hall–Kier alpha value is -1.68. The summed E-state index contributed by atoms with van der Waals surface area (Å²) >= 11 is 0. The standard InChI is InChI=1S/C13H18N4/c1-4-14-8-12-9-15-17(16-12)13-6-10(2)5-11(3)7-13/h5-7,9,14H,4,8H2,1-3H3. The second-order valence-corrected chi connectivity index (χ2v) is 4.25. The number of nitrogens with zero attached hydrogens (tertiary/aromatic N) is 3. The Morgan fingerprint density at radius 1 is 1.18 bits per heavy atom. The van der Waals surface area contributed by atoms with E-state index in [4.69, 9.17) is 0 Å². The minimum atomic E-state index is 0.765. The summed E-state index contributed by atoms with van der Waals surface area (Å²) in [5, 5.41) is 12.0. The van der Waals surface area contributed by atoms with Gasteiger partial charge in [-0.2, -0.15) is 15.0 Å². The Labute approximate surface area is 102 Å². The predicted octanol–water partition coefficient (Wildman–Crippen LogP) is 1.99. The second kappa shape index (κ2) is 5.10. The molecule has 1 aromatic carbocycles. The van der Waals surface area contributed by atoms with Crippen LogP contribution in [0.15, 0.2) is 24.4 Å². The minimum Gasteiger partial charge on any atom is -0.311 e.